The summed E-state index contributed by atoms with van der Waals surface area (Å²) in [6.07, 6.45) is 7.36. The summed E-state index contributed by atoms with van der Waals surface area (Å²) in [5.74, 6) is 1.61. The minimum Gasteiger partial charge on any atom is -0.347 e. The van der Waals surface area contributed by atoms with Crippen LogP contribution in [0, 0.1) is 5.92 Å². The van der Waals surface area contributed by atoms with E-state index in [9.17, 15) is 14.4 Å². The minimum absolute atomic E-state index is 0.248. The van der Waals surface area contributed by atoms with Crippen LogP contribution in [0.4, 0.5) is 4.79 Å². The zero-order valence-corrected chi connectivity index (χ0v) is 16.4. The Hall–Kier alpha value is -2.45. The molecule has 2 N–H and O–H groups in total. The molecule has 3 aliphatic rings. The van der Waals surface area contributed by atoms with E-state index in [1.54, 1.807) is 0 Å². The van der Waals surface area contributed by atoms with Crippen LogP contribution in [0.2, 0.25) is 0 Å². The summed E-state index contributed by atoms with van der Waals surface area (Å²) in [5, 5.41) is 14.0. The number of rotatable bonds is 4. The summed E-state index contributed by atoms with van der Waals surface area (Å²) in [4.78, 5) is 38.6. The van der Waals surface area contributed by atoms with Gasteiger partial charge < -0.3 is 15.2 Å². The van der Waals surface area contributed by atoms with Crippen LogP contribution < -0.4 is 10.6 Å². The number of nitrogens with one attached hydrogen (secondary N) is 2. The molecule has 1 aromatic rings. The van der Waals surface area contributed by atoms with Gasteiger partial charge in [0.2, 0.25) is 5.91 Å². The van der Waals surface area contributed by atoms with E-state index in [0.29, 0.717) is 18.8 Å². The van der Waals surface area contributed by atoms with Gasteiger partial charge in [0, 0.05) is 13.0 Å². The van der Waals surface area contributed by atoms with Crippen LogP contribution >= 0.6 is 0 Å². The van der Waals surface area contributed by atoms with Crippen molar-refractivity contribution in [2.45, 2.75) is 76.9 Å². The molecule has 0 unspecified atom stereocenters. The van der Waals surface area contributed by atoms with Gasteiger partial charge in [-0.3, -0.25) is 14.5 Å². The lowest BCUT2D eigenvalue weighted by Gasteiger charge is -2.33. The highest BCUT2D eigenvalue weighted by molar-refractivity contribution is 6.09. The largest absolute Gasteiger partial charge is 0.347 e. The quantitative estimate of drug-likeness (QED) is 0.752. The second-order valence-electron chi connectivity index (χ2n) is 8.36. The van der Waals surface area contributed by atoms with E-state index < -0.39 is 11.6 Å². The summed E-state index contributed by atoms with van der Waals surface area (Å²) in [5.41, 5.74) is -0.811. The fourth-order valence-corrected chi connectivity index (χ4v) is 4.47. The smallest absolute Gasteiger partial charge is 0.325 e. The van der Waals surface area contributed by atoms with Gasteiger partial charge in [-0.05, 0) is 44.4 Å². The Morgan fingerprint density at radius 1 is 1.21 bits per heavy atom. The number of nitrogens with zero attached hydrogens (tertiary/aromatic N) is 4. The summed E-state index contributed by atoms with van der Waals surface area (Å²) >= 11 is 0. The van der Waals surface area contributed by atoms with Crippen molar-refractivity contribution in [2.24, 2.45) is 5.92 Å². The number of imide groups is 1. The molecule has 1 spiro atoms. The molecular weight excluding hydrogens is 360 g/mol. The van der Waals surface area contributed by atoms with Crippen LogP contribution in [0.5, 0.6) is 0 Å². The maximum absolute atomic E-state index is 12.8. The monoisotopic (exact) mass is 388 g/mol. The fourth-order valence-electron chi connectivity index (χ4n) is 4.47. The molecule has 0 aromatic carbocycles. The molecule has 0 radical (unpaired) electrons. The van der Waals surface area contributed by atoms with Crippen LogP contribution in [-0.4, -0.2) is 49.6 Å². The molecule has 3 heterocycles. The molecule has 2 fully saturated rings. The third kappa shape index (κ3) is 3.49. The number of carbonyl (C=O) groups excluding carboxylic acids is 3. The third-order valence-electron chi connectivity index (χ3n) is 6.31. The molecule has 0 atom stereocenters. The lowest BCUT2D eigenvalue weighted by atomic mass is 9.77. The van der Waals surface area contributed by atoms with E-state index in [4.69, 9.17) is 0 Å². The maximum Gasteiger partial charge on any atom is 0.325 e. The lowest BCUT2D eigenvalue weighted by Crippen LogP contribution is -2.49. The first-order valence-corrected chi connectivity index (χ1v) is 10.3. The van der Waals surface area contributed by atoms with Crippen molar-refractivity contribution in [3.63, 3.8) is 0 Å². The van der Waals surface area contributed by atoms with Crippen LogP contribution in [0.15, 0.2) is 0 Å². The van der Waals surface area contributed by atoms with Crippen molar-refractivity contribution in [1.29, 1.82) is 0 Å². The first-order chi connectivity index (χ1) is 13.5. The molecule has 152 valence electrons. The van der Waals surface area contributed by atoms with Gasteiger partial charge in [-0.25, -0.2) is 4.79 Å². The van der Waals surface area contributed by atoms with Crippen molar-refractivity contribution >= 4 is 17.8 Å². The topological polar surface area (TPSA) is 109 Å². The van der Waals surface area contributed by atoms with Gasteiger partial charge in [-0.15, -0.1) is 10.2 Å². The van der Waals surface area contributed by atoms with Crippen LogP contribution in [0.25, 0.3) is 0 Å². The van der Waals surface area contributed by atoms with E-state index in [1.165, 1.54) is 6.42 Å². The van der Waals surface area contributed by atoms with Gasteiger partial charge >= 0.3 is 6.03 Å². The second kappa shape index (κ2) is 7.52. The average molecular weight is 388 g/mol. The van der Waals surface area contributed by atoms with E-state index in [0.717, 1.165) is 55.2 Å². The van der Waals surface area contributed by atoms with E-state index in [1.807, 2.05) is 0 Å². The van der Waals surface area contributed by atoms with Crippen molar-refractivity contribution in [1.82, 2.24) is 30.3 Å². The van der Waals surface area contributed by atoms with Gasteiger partial charge in [0.05, 0.1) is 6.54 Å². The number of fused-ring (bicyclic) bond motifs is 1. The van der Waals surface area contributed by atoms with Gasteiger partial charge in [-0.1, -0.05) is 13.3 Å². The van der Waals surface area contributed by atoms with E-state index in [2.05, 4.69) is 32.3 Å². The van der Waals surface area contributed by atoms with Crippen molar-refractivity contribution in [3.8, 4) is 0 Å². The lowest BCUT2D eigenvalue weighted by molar-refractivity contribution is -0.136. The normalized spacial score (nSPS) is 27.5. The van der Waals surface area contributed by atoms with E-state index in [-0.39, 0.29) is 24.9 Å². The molecule has 9 heteroatoms. The highest BCUT2D eigenvalue weighted by Crippen LogP contribution is 2.36. The Kier molecular flexibility index (Phi) is 5.07. The molecular formula is C19H28N6O3. The first kappa shape index (κ1) is 18.9. The van der Waals surface area contributed by atoms with Gasteiger partial charge in [0.15, 0.2) is 5.82 Å². The summed E-state index contributed by atoms with van der Waals surface area (Å²) in [7, 11) is 0. The Morgan fingerprint density at radius 2 is 2.00 bits per heavy atom. The standard InChI is InChI=1S/C19H28N6O3/c1-13-6-8-19(9-7-13)17(27)25(18(28)21-19)12-16(26)20-11-15-23-22-14-5-3-2-4-10-24(14)15/h13H,2-12H2,1H3,(H,20,26)(H,21,28). The molecule has 9 nitrogen and oxygen atoms in total. The Balaban J connectivity index is 1.35. The molecule has 1 saturated carbocycles. The fraction of sp³-hybridized carbons (Fsp3) is 0.737. The predicted molar refractivity (Wildman–Crippen MR) is 100 cm³/mol. The van der Waals surface area contributed by atoms with Crippen molar-refractivity contribution < 1.29 is 14.4 Å². The second-order valence-corrected chi connectivity index (χ2v) is 8.36. The molecule has 2 aliphatic heterocycles. The van der Waals surface area contributed by atoms with Crippen molar-refractivity contribution in [3.05, 3.63) is 11.6 Å². The number of carbonyl (C=O) groups is 3. The Labute approximate surface area is 164 Å². The molecule has 1 saturated heterocycles. The number of urea groups is 1. The van der Waals surface area contributed by atoms with Gasteiger partial charge in [0.1, 0.15) is 17.9 Å². The third-order valence-corrected chi connectivity index (χ3v) is 6.31. The predicted octanol–water partition coefficient (Wildman–Crippen LogP) is 1.12. The number of aromatic nitrogens is 3. The maximum atomic E-state index is 12.8. The van der Waals surface area contributed by atoms with Crippen molar-refractivity contribution in [2.75, 3.05) is 6.54 Å². The van der Waals surface area contributed by atoms with Crippen LogP contribution in [-0.2, 0) is 29.1 Å². The molecule has 4 amide bonds. The highest BCUT2D eigenvalue weighted by Gasteiger charge is 2.52. The molecule has 1 aromatic heterocycles. The molecule has 0 bridgehead atoms. The minimum atomic E-state index is -0.811. The molecule has 1 aliphatic carbocycles. The van der Waals surface area contributed by atoms with E-state index >= 15 is 0 Å². The number of aryl methyl sites for hydroxylation is 1. The summed E-state index contributed by atoms with van der Waals surface area (Å²) in [6, 6.07) is -0.467. The number of hydrogen-bond acceptors (Lipinski definition) is 5. The van der Waals surface area contributed by atoms with Crippen LogP contribution in [0.3, 0.4) is 0 Å². The molecule has 4 rings (SSSR count). The first-order valence-electron chi connectivity index (χ1n) is 10.3. The zero-order valence-electron chi connectivity index (χ0n) is 16.4. The summed E-state index contributed by atoms with van der Waals surface area (Å²) in [6.45, 7) is 3.01. The Bertz CT molecular complexity index is 781. The SMILES string of the molecule is CC1CCC2(CC1)NC(=O)N(CC(=O)NCc1nnc3n1CCCCC3)C2=O. The number of hydrogen-bond donors (Lipinski definition) is 2. The average Bonchev–Trinajstić information content (AvgIpc) is 3.04. The highest BCUT2D eigenvalue weighted by atomic mass is 16.2. The van der Waals surface area contributed by atoms with Gasteiger partial charge in [0.25, 0.3) is 5.91 Å². The zero-order chi connectivity index (χ0) is 19.7. The number of amides is 4. The Morgan fingerprint density at radius 3 is 2.79 bits per heavy atom. The summed E-state index contributed by atoms with van der Waals surface area (Å²) < 4.78 is 2.07. The van der Waals surface area contributed by atoms with Crippen LogP contribution in [0.1, 0.15) is 63.5 Å². The molecule has 28 heavy (non-hydrogen) atoms. The van der Waals surface area contributed by atoms with Gasteiger partial charge in [-0.2, -0.15) is 0 Å².